The maximum atomic E-state index is 12.4. The highest BCUT2D eigenvalue weighted by Crippen LogP contribution is 2.19. The summed E-state index contributed by atoms with van der Waals surface area (Å²) >= 11 is 3.32. The Bertz CT molecular complexity index is 638. The Kier molecular flexibility index (Phi) is 4.10. The number of likely N-dealkylation sites (tertiary alicyclic amines) is 1. The molecule has 3 rings (SSSR count). The third kappa shape index (κ3) is 3.36. The summed E-state index contributed by atoms with van der Waals surface area (Å²) in [6, 6.07) is 5.30. The molecule has 0 N–H and O–H groups in total. The summed E-state index contributed by atoms with van der Waals surface area (Å²) in [5, 5.41) is 7.66. The number of ether oxygens (including phenoxy) is 1. The van der Waals surface area contributed by atoms with Crippen molar-refractivity contribution in [2.45, 2.75) is 12.5 Å². The minimum Gasteiger partial charge on any atom is -0.471 e. The molecule has 108 valence electrons. The van der Waals surface area contributed by atoms with Crippen LogP contribution in [-0.2, 0) is 0 Å². The molecular formula is C14H13BrN4O2. The van der Waals surface area contributed by atoms with E-state index >= 15 is 0 Å². The first-order chi connectivity index (χ1) is 10.2. The summed E-state index contributed by atoms with van der Waals surface area (Å²) < 4.78 is 6.51. The first-order valence-corrected chi connectivity index (χ1v) is 7.36. The Balaban J connectivity index is 1.63. The molecular weight excluding hydrogens is 336 g/mol. The van der Waals surface area contributed by atoms with Crippen LogP contribution in [0, 0.1) is 0 Å². The summed E-state index contributed by atoms with van der Waals surface area (Å²) in [6.45, 7) is 1.21. The van der Waals surface area contributed by atoms with E-state index in [1.807, 2.05) is 0 Å². The summed E-state index contributed by atoms with van der Waals surface area (Å²) in [5.41, 5.74) is 0.574. The molecule has 1 atom stereocenters. The number of rotatable bonds is 3. The van der Waals surface area contributed by atoms with Crippen LogP contribution in [-0.4, -0.2) is 45.2 Å². The number of aromatic nitrogens is 3. The number of hydrogen-bond donors (Lipinski definition) is 0. The van der Waals surface area contributed by atoms with Gasteiger partial charge in [-0.3, -0.25) is 9.78 Å². The van der Waals surface area contributed by atoms with Crippen molar-refractivity contribution in [3.63, 3.8) is 0 Å². The van der Waals surface area contributed by atoms with Crippen molar-refractivity contribution in [1.82, 2.24) is 20.1 Å². The van der Waals surface area contributed by atoms with Crippen LogP contribution < -0.4 is 4.74 Å². The maximum Gasteiger partial charge on any atom is 0.255 e. The van der Waals surface area contributed by atoms with Crippen LogP contribution >= 0.6 is 15.9 Å². The molecule has 0 bridgehead atoms. The zero-order valence-electron chi connectivity index (χ0n) is 11.1. The van der Waals surface area contributed by atoms with E-state index in [9.17, 15) is 4.79 Å². The van der Waals surface area contributed by atoms with Crippen LogP contribution in [0.25, 0.3) is 0 Å². The van der Waals surface area contributed by atoms with E-state index in [1.165, 1.54) is 0 Å². The molecule has 1 aliphatic heterocycles. The summed E-state index contributed by atoms with van der Waals surface area (Å²) in [6.07, 6.45) is 5.55. The summed E-state index contributed by atoms with van der Waals surface area (Å²) in [4.78, 5) is 18.2. The van der Waals surface area contributed by atoms with E-state index in [-0.39, 0.29) is 12.0 Å². The fourth-order valence-corrected chi connectivity index (χ4v) is 2.61. The van der Waals surface area contributed by atoms with Gasteiger partial charge >= 0.3 is 0 Å². The van der Waals surface area contributed by atoms with Gasteiger partial charge in [0.1, 0.15) is 6.10 Å². The zero-order valence-corrected chi connectivity index (χ0v) is 12.7. The quantitative estimate of drug-likeness (QED) is 0.847. The van der Waals surface area contributed by atoms with Crippen LogP contribution in [0.3, 0.4) is 0 Å². The van der Waals surface area contributed by atoms with E-state index in [0.29, 0.717) is 24.5 Å². The van der Waals surface area contributed by atoms with Crippen LogP contribution in [0.15, 0.2) is 41.3 Å². The van der Waals surface area contributed by atoms with Gasteiger partial charge < -0.3 is 9.64 Å². The van der Waals surface area contributed by atoms with E-state index in [2.05, 4.69) is 31.1 Å². The van der Waals surface area contributed by atoms with Crippen molar-refractivity contribution < 1.29 is 9.53 Å². The molecule has 1 saturated heterocycles. The molecule has 7 heteroatoms. The highest BCUT2D eigenvalue weighted by Gasteiger charge is 2.28. The first-order valence-electron chi connectivity index (χ1n) is 6.56. The van der Waals surface area contributed by atoms with Crippen LogP contribution in [0.5, 0.6) is 5.88 Å². The summed E-state index contributed by atoms with van der Waals surface area (Å²) in [5.74, 6) is 0.454. The topological polar surface area (TPSA) is 68.2 Å². The number of carbonyl (C=O) groups is 1. The number of halogens is 1. The zero-order chi connectivity index (χ0) is 14.7. The average molecular weight is 349 g/mol. The SMILES string of the molecule is O=C(c1cncc(Br)c1)N1CCC(Oc2cccnn2)C1. The van der Waals surface area contributed by atoms with Gasteiger partial charge in [0.05, 0.1) is 12.1 Å². The Labute approximate surface area is 130 Å². The molecule has 2 aromatic rings. The highest BCUT2D eigenvalue weighted by atomic mass is 79.9. The Morgan fingerprint density at radius 1 is 1.43 bits per heavy atom. The van der Waals surface area contributed by atoms with Gasteiger partial charge in [-0.15, -0.1) is 5.10 Å². The van der Waals surface area contributed by atoms with Crippen molar-refractivity contribution in [3.05, 3.63) is 46.8 Å². The lowest BCUT2D eigenvalue weighted by atomic mass is 10.2. The van der Waals surface area contributed by atoms with Gasteiger partial charge in [0.15, 0.2) is 0 Å². The minimum absolute atomic E-state index is 0.0333. The van der Waals surface area contributed by atoms with Gasteiger partial charge in [0, 0.05) is 42.1 Å². The predicted octanol–water partition coefficient (Wildman–Crippen LogP) is 1.93. The lowest BCUT2D eigenvalue weighted by Crippen LogP contribution is -2.31. The monoisotopic (exact) mass is 348 g/mol. The normalized spacial score (nSPS) is 17.8. The van der Waals surface area contributed by atoms with Crippen LogP contribution in [0.2, 0.25) is 0 Å². The van der Waals surface area contributed by atoms with E-state index < -0.39 is 0 Å². The van der Waals surface area contributed by atoms with Gasteiger partial charge in [-0.1, -0.05) is 0 Å². The Morgan fingerprint density at radius 2 is 2.33 bits per heavy atom. The van der Waals surface area contributed by atoms with Crippen molar-refractivity contribution in [3.8, 4) is 5.88 Å². The average Bonchev–Trinajstić information content (AvgIpc) is 2.96. The Morgan fingerprint density at radius 3 is 3.10 bits per heavy atom. The molecule has 3 heterocycles. The lowest BCUT2D eigenvalue weighted by Gasteiger charge is -2.16. The fourth-order valence-electron chi connectivity index (χ4n) is 2.24. The number of amides is 1. The number of nitrogens with zero attached hydrogens (tertiary/aromatic N) is 4. The number of pyridine rings is 1. The van der Waals surface area contributed by atoms with Gasteiger partial charge in [0.25, 0.3) is 5.91 Å². The lowest BCUT2D eigenvalue weighted by molar-refractivity contribution is 0.0770. The molecule has 21 heavy (non-hydrogen) atoms. The minimum atomic E-state index is -0.0502. The van der Waals surface area contributed by atoms with Crippen molar-refractivity contribution in [1.29, 1.82) is 0 Å². The second kappa shape index (κ2) is 6.17. The highest BCUT2D eigenvalue weighted by molar-refractivity contribution is 9.10. The second-order valence-electron chi connectivity index (χ2n) is 4.73. The smallest absolute Gasteiger partial charge is 0.255 e. The predicted molar refractivity (Wildman–Crippen MR) is 78.9 cm³/mol. The molecule has 2 aromatic heterocycles. The molecule has 1 aliphatic rings. The summed E-state index contributed by atoms with van der Waals surface area (Å²) in [7, 11) is 0. The largest absolute Gasteiger partial charge is 0.471 e. The number of carbonyl (C=O) groups excluding carboxylic acids is 1. The number of hydrogen-bond acceptors (Lipinski definition) is 5. The third-order valence-electron chi connectivity index (χ3n) is 3.22. The van der Waals surface area contributed by atoms with Crippen LogP contribution in [0.4, 0.5) is 0 Å². The molecule has 0 aromatic carbocycles. The van der Waals surface area contributed by atoms with Crippen molar-refractivity contribution >= 4 is 21.8 Å². The van der Waals surface area contributed by atoms with Gasteiger partial charge in [-0.2, -0.15) is 5.10 Å². The van der Waals surface area contributed by atoms with Gasteiger partial charge in [0.2, 0.25) is 5.88 Å². The molecule has 1 fully saturated rings. The van der Waals surface area contributed by atoms with Crippen molar-refractivity contribution in [2.24, 2.45) is 0 Å². The molecule has 0 spiro atoms. The molecule has 1 amide bonds. The van der Waals surface area contributed by atoms with E-state index in [0.717, 1.165) is 10.9 Å². The van der Waals surface area contributed by atoms with Gasteiger partial charge in [-0.25, -0.2) is 0 Å². The molecule has 0 aliphatic carbocycles. The molecule has 0 radical (unpaired) electrons. The molecule has 0 saturated carbocycles. The second-order valence-corrected chi connectivity index (χ2v) is 5.65. The van der Waals surface area contributed by atoms with E-state index in [1.54, 1.807) is 41.7 Å². The van der Waals surface area contributed by atoms with Gasteiger partial charge in [-0.05, 0) is 28.1 Å². The maximum absolute atomic E-state index is 12.4. The third-order valence-corrected chi connectivity index (χ3v) is 3.65. The molecule has 1 unspecified atom stereocenters. The van der Waals surface area contributed by atoms with Crippen molar-refractivity contribution in [2.75, 3.05) is 13.1 Å². The first kappa shape index (κ1) is 13.9. The fraction of sp³-hybridized carbons (Fsp3) is 0.286. The van der Waals surface area contributed by atoms with E-state index in [4.69, 9.17) is 4.74 Å². The van der Waals surface area contributed by atoms with Crippen LogP contribution in [0.1, 0.15) is 16.8 Å². The molecule has 6 nitrogen and oxygen atoms in total. The standard InChI is InChI=1S/C14H13BrN4O2/c15-11-6-10(7-16-8-11)14(20)19-5-3-12(9-19)21-13-2-1-4-17-18-13/h1-2,4,6-8,12H,3,5,9H2. The Hall–Kier alpha value is -2.02.